The molecule has 2 nitrogen and oxygen atoms in total. The Morgan fingerprint density at radius 3 is 2.68 bits per heavy atom. The van der Waals surface area contributed by atoms with Crippen LogP contribution in [0.4, 0.5) is 4.39 Å². The van der Waals surface area contributed by atoms with E-state index in [9.17, 15) is 4.39 Å². The van der Waals surface area contributed by atoms with Crippen molar-refractivity contribution in [1.29, 1.82) is 0 Å². The monoisotopic (exact) mass is 330 g/mol. The van der Waals surface area contributed by atoms with Crippen LogP contribution in [0.1, 0.15) is 32.3 Å². The van der Waals surface area contributed by atoms with Crippen LogP contribution in [0.2, 0.25) is 0 Å². The first kappa shape index (κ1) is 16.6. The van der Waals surface area contributed by atoms with E-state index in [1.165, 1.54) is 6.42 Å². The summed E-state index contributed by atoms with van der Waals surface area (Å²) in [5.74, 6) is -0.196. The highest BCUT2D eigenvalue weighted by Crippen LogP contribution is 2.16. The second-order valence-electron chi connectivity index (χ2n) is 5.21. The van der Waals surface area contributed by atoms with Gasteiger partial charge in [-0.2, -0.15) is 0 Å². The molecular weight excluding hydrogens is 307 g/mol. The molecule has 0 amide bonds. The Morgan fingerprint density at radius 1 is 1.32 bits per heavy atom. The maximum atomic E-state index is 13.3. The van der Waals surface area contributed by atoms with Crippen molar-refractivity contribution in [2.75, 3.05) is 20.1 Å². The minimum atomic E-state index is -0.196. The van der Waals surface area contributed by atoms with Crippen molar-refractivity contribution in [2.45, 2.75) is 39.3 Å². The summed E-state index contributed by atoms with van der Waals surface area (Å²) in [5, 5.41) is 3.35. The summed E-state index contributed by atoms with van der Waals surface area (Å²) in [6, 6.07) is 5.87. The Labute approximate surface area is 124 Å². The van der Waals surface area contributed by atoms with Gasteiger partial charge in [0.25, 0.3) is 0 Å². The molecule has 0 fully saturated rings. The predicted molar refractivity (Wildman–Crippen MR) is 82.8 cm³/mol. The average Bonchev–Trinajstić information content (AvgIpc) is 2.37. The van der Waals surface area contributed by atoms with Crippen molar-refractivity contribution < 1.29 is 4.39 Å². The molecule has 1 aromatic rings. The third-order valence-corrected chi connectivity index (χ3v) is 3.95. The summed E-state index contributed by atoms with van der Waals surface area (Å²) in [5.41, 5.74) is 0.986. The molecule has 0 saturated carbocycles. The van der Waals surface area contributed by atoms with Gasteiger partial charge in [-0.25, -0.2) is 4.39 Å². The number of rotatable bonds is 8. The molecule has 0 unspecified atom stereocenters. The van der Waals surface area contributed by atoms with Gasteiger partial charge >= 0.3 is 0 Å². The molecule has 0 aliphatic heterocycles. The van der Waals surface area contributed by atoms with E-state index in [0.717, 1.165) is 31.6 Å². The van der Waals surface area contributed by atoms with Crippen LogP contribution < -0.4 is 5.32 Å². The van der Waals surface area contributed by atoms with E-state index in [2.05, 4.69) is 47.0 Å². The molecule has 0 aliphatic carbocycles. The molecule has 4 heteroatoms. The third-order valence-electron chi connectivity index (χ3n) is 3.31. The van der Waals surface area contributed by atoms with E-state index >= 15 is 0 Å². The highest BCUT2D eigenvalue weighted by Gasteiger charge is 2.02. The lowest BCUT2D eigenvalue weighted by Crippen LogP contribution is -2.27. The molecule has 0 bridgehead atoms. The fourth-order valence-electron chi connectivity index (χ4n) is 1.75. The molecule has 0 aliphatic rings. The number of nitrogens with zero attached hydrogens (tertiary/aromatic N) is 1. The molecular formula is C15H24BrFN2. The third kappa shape index (κ3) is 6.50. The van der Waals surface area contributed by atoms with Crippen molar-refractivity contribution in [3.8, 4) is 0 Å². The Bertz CT molecular complexity index is 382. The molecule has 1 rings (SSSR count). The number of nitrogens with one attached hydrogen (secondary N) is 1. The summed E-state index contributed by atoms with van der Waals surface area (Å²) in [4.78, 5) is 2.35. The Balaban J connectivity index is 2.12. The maximum absolute atomic E-state index is 13.3. The number of hydrogen-bond acceptors (Lipinski definition) is 2. The molecule has 0 spiro atoms. The summed E-state index contributed by atoms with van der Waals surface area (Å²) in [6.07, 6.45) is 2.34. The lowest BCUT2D eigenvalue weighted by Gasteiger charge is -2.20. The number of hydrogen-bond donors (Lipinski definition) is 1. The number of unbranched alkanes of at least 4 members (excludes halogenated alkanes) is 1. The van der Waals surface area contributed by atoms with E-state index < -0.39 is 0 Å². The smallest absolute Gasteiger partial charge is 0.137 e. The Hall–Kier alpha value is -0.450. The van der Waals surface area contributed by atoms with Crippen LogP contribution in [-0.2, 0) is 6.54 Å². The topological polar surface area (TPSA) is 15.3 Å². The van der Waals surface area contributed by atoms with E-state index in [0.29, 0.717) is 10.5 Å². The molecule has 108 valence electrons. The van der Waals surface area contributed by atoms with Gasteiger partial charge in [-0.05, 0) is 80.5 Å². The zero-order valence-electron chi connectivity index (χ0n) is 12.0. The van der Waals surface area contributed by atoms with E-state index in [4.69, 9.17) is 0 Å². The molecule has 0 radical (unpaired) electrons. The van der Waals surface area contributed by atoms with Gasteiger partial charge in [-0.1, -0.05) is 6.07 Å². The first-order valence-corrected chi connectivity index (χ1v) is 7.65. The summed E-state index contributed by atoms with van der Waals surface area (Å²) >= 11 is 3.16. The highest BCUT2D eigenvalue weighted by atomic mass is 79.9. The van der Waals surface area contributed by atoms with Gasteiger partial charge < -0.3 is 10.2 Å². The van der Waals surface area contributed by atoms with Crippen LogP contribution in [0.15, 0.2) is 22.7 Å². The second kappa shape index (κ2) is 8.67. The van der Waals surface area contributed by atoms with Crippen molar-refractivity contribution in [3.05, 3.63) is 34.1 Å². The first-order valence-electron chi connectivity index (χ1n) is 6.85. The molecule has 0 saturated heterocycles. The summed E-state index contributed by atoms with van der Waals surface area (Å²) in [6.45, 7) is 7.25. The van der Waals surface area contributed by atoms with Gasteiger partial charge in [0.1, 0.15) is 5.82 Å². The molecule has 0 aromatic heterocycles. The van der Waals surface area contributed by atoms with Crippen LogP contribution in [0, 0.1) is 5.82 Å². The van der Waals surface area contributed by atoms with Crippen LogP contribution in [0.5, 0.6) is 0 Å². The lowest BCUT2D eigenvalue weighted by atomic mass is 10.2. The quantitative estimate of drug-likeness (QED) is 0.729. The van der Waals surface area contributed by atoms with Crippen molar-refractivity contribution >= 4 is 15.9 Å². The second-order valence-corrected chi connectivity index (χ2v) is 6.06. The van der Waals surface area contributed by atoms with Crippen LogP contribution in [0.25, 0.3) is 0 Å². The standard InChI is InChI=1S/C15H24BrFN2/c1-12(2)19(3)9-5-4-8-18-11-13-6-7-14(16)15(17)10-13/h6-7,10,12,18H,4-5,8-9,11H2,1-3H3. The van der Waals surface area contributed by atoms with Crippen molar-refractivity contribution in [2.24, 2.45) is 0 Å². The van der Waals surface area contributed by atoms with Gasteiger partial charge in [0.2, 0.25) is 0 Å². The number of benzene rings is 1. The van der Waals surface area contributed by atoms with Gasteiger partial charge in [0.05, 0.1) is 4.47 Å². The van der Waals surface area contributed by atoms with Gasteiger partial charge in [0, 0.05) is 12.6 Å². The van der Waals surface area contributed by atoms with Gasteiger partial charge in [-0.3, -0.25) is 0 Å². The van der Waals surface area contributed by atoms with Crippen molar-refractivity contribution in [1.82, 2.24) is 10.2 Å². The SMILES string of the molecule is CC(C)N(C)CCCCNCc1ccc(Br)c(F)c1. The predicted octanol–water partition coefficient (Wildman–Crippen LogP) is 3.80. The first-order chi connectivity index (χ1) is 9.00. The molecule has 19 heavy (non-hydrogen) atoms. The summed E-state index contributed by atoms with van der Waals surface area (Å²) in [7, 11) is 2.16. The zero-order chi connectivity index (χ0) is 14.3. The largest absolute Gasteiger partial charge is 0.313 e. The van der Waals surface area contributed by atoms with Gasteiger partial charge in [0.15, 0.2) is 0 Å². The highest BCUT2D eigenvalue weighted by molar-refractivity contribution is 9.10. The fourth-order valence-corrected chi connectivity index (χ4v) is 2.00. The molecule has 1 aromatic carbocycles. The van der Waals surface area contributed by atoms with Crippen LogP contribution in [0.3, 0.4) is 0 Å². The van der Waals surface area contributed by atoms with E-state index in [1.807, 2.05) is 6.07 Å². The minimum absolute atomic E-state index is 0.196. The Kier molecular flexibility index (Phi) is 7.57. The normalized spacial score (nSPS) is 11.5. The van der Waals surface area contributed by atoms with Gasteiger partial charge in [-0.15, -0.1) is 0 Å². The molecule has 1 N–H and O–H groups in total. The Morgan fingerprint density at radius 2 is 2.05 bits per heavy atom. The fraction of sp³-hybridized carbons (Fsp3) is 0.600. The van der Waals surface area contributed by atoms with Crippen LogP contribution in [-0.4, -0.2) is 31.1 Å². The molecule has 0 heterocycles. The van der Waals surface area contributed by atoms with Crippen molar-refractivity contribution in [3.63, 3.8) is 0 Å². The maximum Gasteiger partial charge on any atom is 0.137 e. The minimum Gasteiger partial charge on any atom is -0.313 e. The summed E-state index contributed by atoms with van der Waals surface area (Å²) < 4.78 is 13.8. The van der Waals surface area contributed by atoms with Crippen LogP contribution >= 0.6 is 15.9 Å². The lowest BCUT2D eigenvalue weighted by molar-refractivity contribution is 0.268. The number of halogens is 2. The average molecular weight is 331 g/mol. The molecule has 0 atom stereocenters. The zero-order valence-corrected chi connectivity index (χ0v) is 13.6. The van der Waals surface area contributed by atoms with E-state index in [1.54, 1.807) is 12.1 Å². The van der Waals surface area contributed by atoms with E-state index in [-0.39, 0.29) is 5.82 Å².